The normalized spacial score (nSPS) is 15.8. The SMILES string of the molecule is Cc1cc(Nc2cc(C)c(F)c(CC3(C(=O)O)CCN(Cc4c(F)ccc(Cl)c4F)CC3)n2)n[nH]1. The third-order valence-corrected chi connectivity index (χ3v) is 6.76. The summed E-state index contributed by atoms with van der Waals surface area (Å²) in [6.07, 6.45) is 0.225. The van der Waals surface area contributed by atoms with Crippen molar-refractivity contribution in [3.63, 3.8) is 0 Å². The van der Waals surface area contributed by atoms with Crippen LogP contribution in [-0.4, -0.2) is 44.2 Å². The minimum absolute atomic E-state index is 0.0396. The zero-order valence-electron chi connectivity index (χ0n) is 19.3. The number of piperidine rings is 1. The smallest absolute Gasteiger partial charge is 0.310 e. The summed E-state index contributed by atoms with van der Waals surface area (Å²) in [7, 11) is 0. The molecule has 2 aromatic heterocycles. The third kappa shape index (κ3) is 5.28. The van der Waals surface area contributed by atoms with Crippen molar-refractivity contribution in [3.8, 4) is 0 Å². The number of anilines is 2. The number of likely N-dealkylation sites (tertiary alicyclic amines) is 1. The first kappa shape index (κ1) is 25.0. The van der Waals surface area contributed by atoms with E-state index >= 15 is 0 Å². The number of pyridine rings is 1. The predicted octanol–water partition coefficient (Wildman–Crippen LogP) is 5.15. The topological polar surface area (TPSA) is 94.1 Å². The summed E-state index contributed by atoms with van der Waals surface area (Å²) in [5.41, 5.74) is -0.210. The summed E-state index contributed by atoms with van der Waals surface area (Å²) in [5, 5.41) is 19.8. The Morgan fingerprint density at radius 2 is 1.89 bits per heavy atom. The molecule has 0 bridgehead atoms. The molecule has 0 aliphatic carbocycles. The predicted molar refractivity (Wildman–Crippen MR) is 125 cm³/mol. The van der Waals surface area contributed by atoms with Gasteiger partial charge in [0.2, 0.25) is 0 Å². The number of carboxylic acids is 1. The second-order valence-corrected chi connectivity index (χ2v) is 9.41. The van der Waals surface area contributed by atoms with Crippen molar-refractivity contribution in [2.24, 2.45) is 5.41 Å². The molecule has 4 rings (SSSR count). The van der Waals surface area contributed by atoms with Crippen molar-refractivity contribution in [1.82, 2.24) is 20.1 Å². The van der Waals surface area contributed by atoms with Gasteiger partial charge in [-0.05, 0) is 63.5 Å². The molecule has 1 fully saturated rings. The Bertz CT molecular complexity index is 1260. The zero-order valence-corrected chi connectivity index (χ0v) is 20.0. The maximum atomic E-state index is 15.0. The van der Waals surface area contributed by atoms with Gasteiger partial charge < -0.3 is 10.4 Å². The Balaban J connectivity index is 1.52. The van der Waals surface area contributed by atoms with Crippen LogP contribution in [0.2, 0.25) is 5.02 Å². The number of carbonyl (C=O) groups is 1. The molecule has 3 aromatic rings. The molecule has 0 spiro atoms. The highest BCUT2D eigenvalue weighted by atomic mass is 35.5. The molecule has 0 atom stereocenters. The number of carboxylic acid groups (broad SMARTS) is 1. The van der Waals surface area contributed by atoms with E-state index < -0.39 is 28.8 Å². The van der Waals surface area contributed by atoms with E-state index in [0.717, 1.165) is 17.8 Å². The van der Waals surface area contributed by atoms with Gasteiger partial charge in [-0.2, -0.15) is 5.10 Å². The highest BCUT2D eigenvalue weighted by Gasteiger charge is 2.43. The van der Waals surface area contributed by atoms with Crippen LogP contribution < -0.4 is 5.32 Å². The lowest BCUT2D eigenvalue weighted by atomic mass is 9.74. The summed E-state index contributed by atoms with van der Waals surface area (Å²) < 4.78 is 43.4. The highest BCUT2D eigenvalue weighted by Crippen LogP contribution is 2.37. The number of aryl methyl sites for hydroxylation is 2. The van der Waals surface area contributed by atoms with Gasteiger partial charge in [-0.1, -0.05) is 11.6 Å². The number of rotatable bonds is 7. The third-order valence-electron chi connectivity index (χ3n) is 6.46. The Labute approximate surface area is 205 Å². The molecule has 11 heteroatoms. The van der Waals surface area contributed by atoms with E-state index in [9.17, 15) is 23.1 Å². The number of nitrogens with one attached hydrogen (secondary N) is 2. The van der Waals surface area contributed by atoms with Crippen LogP contribution in [0.1, 0.15) is 35.4 Å². The molecule has 1 saturated heterocycles. The fourth-order valence-corrected chi connectivity index (χ4v) is 4.56. The van der Waals surface area contributed by atoms with Crippen LogP contribution in [0, 0.1) is 36.7 Å². The van der Waals surface area contributed by atoms with E-state index in [1.807, 2.05) is 6.92 Å². The molecular formula is C24H25ClF3N5O2. The minimum Gasteiger partial charge on any atom is -0.481 e. The summed E-state index contributed by atoms with van der Waals surface area (Å²) >= 11 is 5.78. The first-order valence-corrected chi connectivity index (χ1v) is 11.5. The second-order valence-electron chi connectivity index (χ2n) is 9.01. The van der Waals surface area contributed by atoms with Gasteiger partial charge in [0.05, 0.1) is 16.1 Å². The van der Waals surface area contributed by atoms with Crippen molar-refractivity contribution in [2.45, 2.75) is 39.7 Å². The van der Waals surface area contributed by atoms with E-state index in [-0.39, 0.29) is 55.2 Å². The molecule has 0 radical (unpaired) electrons. The molecule has 0 saturated carbocycles. The van der Waals surface area contributed by atoms with Gasteiger partial charge in [0, 0.05) is 30.3 Å². The Morgan fingerprint density at radius 1 is 1.17 bits per heavy atom. The number of aromatic nitrogens is 3. The average Bonchev–Trinajstić information content (AvgIpc) is 3.22. The van der Waals surface area contributed by atoms with Crippen LogP contribution in [0.5, 0.6) is 0 Å². The Kier molecular flexibility index (Phi) is 7.05. The van der Waals surface area contributed by atoms with E-state index in [1.54, 1.807) is 17.9 Å². The Morgan fingerprint density at radius 3 is 2.51 bits per heavy atom. The summed E-state index contributed by atoms with van der Waals surface area (Å²) in [6.45, 7) is 3.92. The van der Waals surface area contributed by atoms with Crippen molar-refractivity contribution < 1.29 is 23.1 Å². The lowest BCUT2D eigenvalue weighted by molar-refractivity contribution is -0.152. The number of aromatic amines is 1. The molecule has 7 nitrogen and oxygen atoms in total. The molecule has 1 aliphatic rings. The summed E-state index contributed by atoms with van der Waals surface area (Å²) in [4.78, 5) is 18.5. The zero-order chi connectivity index (χ0) is 25.3. The van der Waals surface area contributed by atoms with Crippen molar-refractivity contribution >= 4 is 29.2 Å². The fraction of sp³-hybridized carbons (Fsp3) is 0.375. The minimum atomic E-state index is -1.26. The molecule has 1 aliphatic heterocycles. The highest BCUT2D eigenvalue weighted by molar-refractivity contribution is 6.30. The van der Waals surface area contributed by atoms with E-state index in [4.69, 9.17) is 11.6 Å². The van der Waals surface area contributed by atoms with E-state index in [2.05, 4.69) is 20.5 Å². The first-order chi connectivity index (χ1) is 16.6. The molecule has 0 unspecified atom stereocenters. The standard InChI is InChI=1S/C24H25ClF3N5O2/c1-13-9-19(30-20-10-14(2)31-32-20)29-18(21(13)27)11-24(23(34)35)5-7-33(8-6-24)12-15-17(26)4-3-16(25)22(15)28/h3-4,9-10H,5-8,11-12H2,1-2H3,(H,34,35)(H2,29,30,31,32). The molecule has 3 heterocycles. The fourth-order valence-electron chi connectivity index (χ4n) is 4.38. The summed E-state index contributed by atoms with van der Waals surface area (Å²) in [5.74, 6) is -2.28. The van der Waals surface area contributed by atoms with Gasteiger partial charge >= 0.3 is 5.97 Å². The number of hydrogen-bond acceptors (Lipinski definition) is 5. The van der Waals surface area contributed by atoms with Gasteiger partial charge in [0.1, 0.15) is 23.3 Å². The lowest BCUT2D eigenvalue weighted by Gasteiger charge is -2.39. The van der Waals surface area contributed by atoms with Crippen LogP contribution in [0.15, 0.2) is 24.3 Å². The van der Waals surface area contributed by atoms with Crippen LogP contribution in [0.25, 0.3) is 0 Å². The molecule has 1 aromatic carbocycles. The van der Waals surface area contributed by atoms with Gasteiger partial charge in [-0.25, -0.2) is 18.2 Å². The van der Waals surface area contributed by atoms with Crippen LogP contribution in [0.4, 0.5) is 24.8 Å². The van der Waals surface area contributed by atoms with Gasteiger partial charge in [-0.3, -0.25) is 14.8 Å². The molecule has 3 N–H and O–H groups in total. The maximum Gasteiger partial charge on any atom is 0.310 e. The molecule has 35 heavy (non-hydrogen) atoms. The van der Waals surface area contributed by atoms with E-state index in [1.165, 1.54) is 6.07 Å². The number of benzene rings is 1. The number of hydrogen-bond donors (Lipinski definition) is 3. The maximum absolute atomic E-state index is 15.0. The number of H-pyrrole nitrogens is 1. The summed E-state index contributed by atoms with van der Waals surface area (Å²) in [6, 6.07) is 5.56. The second kappa shape index (κ2) is 9.87. The Hall–Kier alpha value is -3.11. The monoisotopic (exact) mass is 507 g/mol. The van der Waals surface area contributed by atoms with Gasteiger partial charge in [-0.15, -0.1) is 0 Å². The average molecular weight is 508 g/mol. The van der Waals surface area contributed by atoms with Gasteiger partial charge in [0.25, 0.3) is 0 Å². The first-order valence-electron chi connectivity index (χ1n) is 11.1. The van der Waals surface area contributed by atoms with Crippen molar-refractivity contribution in [3.05, 3.63) is 69.3 Å². The largest absolute Gasteiger partial charge is 0.481 e. The van der Waals surface area contributed by atoms with Crippen LogP contribution in [0.3, 0.4) is 0 Å². The quantitative estimate of drug-likeness (QED) is 0.383. The van der Waals surface area contributed by atoms with Gasteiger partial charge in [0.15, 0.2) is 5.82 Å². The molecular weight excluding hydrogens is 483 g/mol. The molecule has 0 amide bonds. The van der Waals surface area contributed by atoms with E-state index in [0.29, 0.717) is 17.2 Å². The van der Waals surface area contributed by atoms with Crippen molar-refractivity contribution in [2.75, 3.05) is 18.4 Å². The lowest BCUT2D eigenvalue weighted by Crippen LogP contribution is -2.45. The van der Waals surface area contributed by atoms with Crippen LogP contribution in [-0.2, 0) is 17.8 Å². The number of aliphatic carboxylic acids is 1. The van der Waals surface area contributed by atoms with Crippen molar-refractivity contribution in [1.29, 1.82) is 0 Å². The number of nitrogens with zero attached hydrogens (tertiary/aromatic N) is 3. The van der Waals surface area contributed by atoms with Crippen LogP contribution >= 0.6 is 11.6 Å². The number of halogens is 4. The molecule has 186 valence electrons.